The first kappa shape index (κ1) is 44.7. The van der Waals surface area contributed by atoms with Crippen LogP contribution < -0.4 is 0 Å². The summed E-state index contributed by atoms with van der Waals surface area (Å²) < 4.78 is 6.48. The van der Waals surface area contributed by atoms with E-state index in [1.54, 1.807) is 24.3 Å². The van der Waals surface area contributed by atoms with Crippen LogP contribution in [-0.4, -0.2) is 31.7 Å². The van der Waals surface area contributed by atoms with Gasteiger partial charge in [0.25, 0.3) is 0 Å². The Kier molecular flexibility index (Phi) is 15.5. The smallest absolute Gasteiger partial charge is 0.197 e. The van der Waals surface area contributed by atoms with Gasteiger partial charge in [0.1, 0.15) is 0 Å². The molecule has 0 unspecified atom stereocenters. The molecule has 0 saturated carbocycles. The first-order valence-electron chi connectivity index (χ1n) is 16.4. The summed E-state index contributed by atoms with van der Waals surface area (Å²) >= 11 is 0. The summed E-state index contributed by atoms with van der Waals surface area (Å²) in [7, 11) is 0. The van der Waals surface area contributed by atoms with E-state index in [0.29, 0.717) is 78.0 Å². The summed E-state index contributed by atoms with van der Waals surface area (Å²) in [6, 6.07) is 32.0. The Hall–Kier alpha value is -6.74. The molecule has 0 bridgehead atoms. The quantitative estimate of drug-likeness (QED) is 0.0989. The third-order valence-electron chi connectivity index (χ3n) is 7.81. The topological polar surface area (TPSA) is 170 Å². The van der Waals surface area contributed by atoms with Crippen LogP contribution in [0, 0.1) is 47.9 Å². The summed E-state index contributed by atoms with van der Waals surface area (Å²) in [5.41, 5.74) is 6.21. The molecule has 0 radical (unpaired) electrons. The van der Waals surface area contributed by atoms with Gasteiger partial charge in [-0.15, -0.1) is 36.4 Å². The molecule has 13 heteroatoms. The summed E-state index contributed by atoms with van der Waals surface area (Å²) in [4.78, 5) is 36.6. The maximum Gasteiger partial charge on any atom is 0.197 e. The van der Waals surface area contributed by atoms with Crippen LogP contribution in [0.3, 0.4) is 0 Å². The number of nitriles is 2. The van der Waals surface area contributed by atoms with Crippen molar-refractivity contribution in [3.05, 3.63) is 143 Å². The average molecular weight is 1110 g/mol. The summed E-state index contributed by atoms with van der Waals surface area (Å²) in [5.74, 6) is -0.125. The van der Waals surface area contributed by atoms with E-state index >= 15 is 0 Å². The minimum absolute atomic E-state index is 0. The molecule has 3 aromatic heterocycles. The molecule has 0 amide bonds. The molecule has 4 aromatic carbocycles. The van der Waals surface area contributed by atoms with Gasteiger partial charge in [-0.25, -0.2) is 9.69 Å². The molecule has 57 heavy (non-hydrogen) atoms. The van der Waals surface area contributed by atoms with E-state index in [9.17, 15) is 20.1 Å². The second-order valence-corrected chi connectivity index (χ2v) is 12.0. The number of benzene rings is 4. The van der Waals surface area contributed by atoms with Crippen molar-refractivity contribution >= 4 is 66.7 Å². The van der Waals surface area contributed by atoms with Gasteiger partial charge in [0.05, 0.1) is 53.4 Å². The number of hydrogen-bond donors (Lipinski definition) is 2. The molecule has 7 rings (SSSR count). The number of carbonyl (C=O) groups excluding carboxylic acids is 2. The van der Waals surface area contributed by atoms with Crippen LogP contribution in [0.15, 0.2) is 101 Å². The molecule has 0 fully saturated rings. The number of carbonyl (C=O) groups is 2. The minimum Gasteiger partial charge on any atom is -0.545 e. The van der Waals surface area contributed by atoms with Crippen molar-refractivity contribution in [1.82, 2.24) is 9.97 Å². The zero-order valence-electron chi connectivity index (χ0n) is 30.5. The molecule has 0 saturated heterocycles. The van der Waals surface area contributed by atoms with Gasteiger partial charge in [-0.05, 0) is 63.3 Å². The molecular formula is C44H28N6O5Pt2-2. The third kappa shape index (κ3) is 10.3. The van der Waals surface area contributed by atoms with Gasteiger partial charge in [-0.3, -0.25) is 19.6 Å². The van der Waals surface area contributed by atoms with E-state index in [0.717, 1.165) is 10.8 Å². The SMILES string of the molecule is CC(=O)/C=C(/C)O.CC(=O)/C=C(/C)O.[C-]#[N+]c1cc(C#N)c2ccc(-c3[c-]ccc4c3oc3c(-c5ccc6c([N+]#[C-])cc(C#N)cc6n5)[c-]ccc34)nc2c1.[Pt].[Pt]. The molecule has 0 aliphatic heterocycles. The predicted molar refractivity (Wildman–Crippen MR) is 209 cm³/mol. The van der Waals surface area contributed by atoms with E-state index in [4.69, 9.17) is 37.7 Å². The largest absolute Gasteiger partial charge is 0.545 e. The Morgan fingerprint density at radius 3 is 1.63 bits per heavy atom. The van der Waals surface area contributed by atoms with Gasteiger partial charge in [-0.2, -0.15) is 10.5 Å². The number of pyridine rings is 2. The van der Waals surface area contributed by atoms with Crippen molar-refractivity contribution in [2.24, 2.45) is 0 Å². The molecule has 3 heterocycles. The normalized spacial score (nSPS) is 10.6. The summed E-state index contributed by atoms with van der Waals surface area (Å²) in [5, 5.41) is 38.8. The first-order valence-corrected chi connectivity index (χ1v) is 16.4. The van der Waals surface area contributed by atoms with Crippen LogP contribution in [0.25, 0.3) is 75.9 Å². The van der Waals surface area contributed by atoms with Crippen LogP contribution in [0.2, 0.25) is 0 Å². The standard InChI is InChI=1S/C34H12N6O.2C5H8O2.2Pt/c1-37-21-15-20(18-36)22-9-11-28(40-32(22)16-21)26-7-3-5-23-24-6-4-8-27(34(24)41-33(23)26)29-12-10-25-30(38-2)13-19(17-35)14-31(25)39-29;2*1-4(6)3-5(2)7;;/h3-6,9-16H;2*3,6H,1-2H3;;/q-2;;;;/b;2*4-3-;;. The zero-order valence-corrected chi connectivity index (χ0v) is 35.1. The van der Waals surface area contributed by atoms with Crippen LogP contribution in [-0.2, 0) is 51.7 Å². The van der Waals surface area contributed by atoms with E-state index in [2.05, 4.69) is 34.0 Å². The van der Waals surface area contributed by atoms with Gasteiger partial charge in [-0.1, -0.05) is 46.2 Å². The number of hydrogen-bond acceptors (Lipinski definition) is 9. The number of allylic oxidation sites excluding steroid dienone is 4. The molecule has 0 aliphatic rings. The number of fused-ring (bicyclic) bond motifs is 5. The van der Waals surface area contributed by atoms with Crippen molar-refractivity contribution in [2.75, 3.05) is 0 Å². The molecule has 7 aromatic rings. The fourth-order valence-corrected chi connectivity index (χ4v) is 5.70. The zero-order chi connectivity index (χ0) is 39.8. The average Bonchev–Trinajstić information content (AvgIpc) is 3.55. The Morgan fingerprint density at radius 2 is 1.21 bits per heavy atom. The number of nitrogens with zero attached hydrogens (tertiary/aromatic N) is 6. The Labute approximate surface area is 356 Å². The number of aliphatic hydroxyl groups excluding tert-OH is 2. The Bertz CT molecular complexity index is 2740. The summed E-state index contributed by atoms with van der Waals surface area (Å²) in [6.07, 6.45) is 2.33. The Morgan fingerprint density at radius 1 is 0.702 bits per heavy atom. The Balaban J connectivity index is 0.000000469. The van der Waals surface area contributed by atoms with Crippen LogP contribution >= 0.6 is 0 Å². The van der Waals surface area contributed by atoms with Crippen molar-refractivity contribution in [2.45, 2.75) is 27.7 Å². The van der Waals surface area contributed by atoms with Crippen LogP contribution in [0.5, 0.6) is 0 Å². The monoisotopic (exact) mass is 1110 g/mol. The van der Waals surface area contributed by atoms with Gasteiger partial charge >= 0.3 is 0 Å². The minimum atomic E-state index is -0.125. The van der Waals surface area contributed by atoms with Gasteiger partial charge in [0.15, 0.2) is 22.9 Å². The van der Waals surface area contributed by atoms with Crippen molar-refractivity contribution < 1.29 is 66.3 Å². The van der Waals surface area contributed by atoms with Crippen molar-refractivity contribution in [1.29, 1.82) is 10.5 Å². The molecule has 2 N–H and O–H groups in total. The van der Waals surface area contributed by atoms with Gasteiger partial charge in [0, 0.05) is 81.8 Å². The fraction of sp³-hybridized carbons (Fsp3) is 0.0909. The summed E-state index contributed by atoms with van der Waals surface area (Å²) in [6.45, 7) is 20.6. The van der Waals surface area contributed by atoms with Gasteiger partial charge in [0.2, 0.25) is 0 Å². The van der Waals surface area contributed by atoms with E-state index in [-0.39, 0.29) is 65.2 Å². The maximum absolute atomic E-state index is 10.0. The number of aromatic nitrogens is 2. The number of furan rings is 1. The van der Waals surface area contributed by atoms with E-state index in [1.807, 2.05) is 48.5 Å². The second-order valence-electron chi connectivity index (χ2n) is 12.0. The first-order chi connectivity index (χ1) is 26.4. The number of aliphatic hydroxyl groups is 2. The van der Waals surface area contributed by atoms with Crippen LogP contribution in [0.4, 0.5) is 11.4 Å². The molecule has 286 valence electrons. The fourth-order valence-electron chi connectivity index (χ4n) is 5.70. The van der Waals surface area contributed by atoms with E-state index in [1.165, 1.54) is 39.8 Å². The molecule has 0 atom stereocenters. The second kappa shape index (κ2) is 19.7. The molecule has 0 spiro atoms. The number of rotatable bonds is 4. The molecular weight excluding hydrogens is 1080 g/mol. The molecule has 11 nitrogen and oxygen atoms in total. The van der Waals surface area contributed by atoms with E-state index < -0.39 is 0 Å². The maximum atomic E-state index is 10.0. The van der Waals surface area contributed by atoms with Crippen molar-refractivity contribution in [3.8, 4) is 34.7 Å². The van der Waals surface area contributed by atoms with Crippen molar-refractivity contribution in [3.63, 3.8) is 0 Å². The number of ketones is 2. The molecule has 0 aliphatic carbocycles. The predicted octanol–water partition coefficient (Wildman–Crippen LogP) is 10.5. The third-order valence-corrected chi connectivity index (χ3v) is 7.81. The van der Waals surface area contributed by atoms with Gasteiger partial charge < -0.3 is 14.6 Å². The van der Waals surface area contributed by atoms with Crippen LogP contribution in [0.1, 0.15) is 38.8 Å².